The summed E-state index contributed by atoms with van der Waals surface area (Å²) in [6.45, 7) is 0. The molecule has 0 fully saturated rings. The van der Waals surface area contributed by atoms with Crippen LogP contribution in [-0.4, -0.2) is 4.57 Å². The topological polar surface area (TPSA) is 4.93 Å². The smallest absolute Gasteiger partial charge is 0.0541 e. The first-order valence-corrected chi connectivity index (χ1v) is 28.0. The number of nitrogens with zero attached hydrogens (tertiary/aromatic N) is 1. The van der Waals surface area contributed by atoms with Crippen LogP contribution >= 0.6 is 0 Å². The maximum Gasteiger partial charge on any atom is 0.0541 e. The standard InChI is InChI=1S/C80H53N/c1-5-21-54(22-6-1)65-30-15-17-32-67(65)60-39-45-70(74(50-60)56-25-9-3-10-26-56)62-41-47-79-77(52-62)78-53-63(71-46-40-61(51-75(71)57-27-11-4-12-28-57)68-33-18-16-31-66(68)55-23-7-2-8-24-55)42-48-80(78)81(79)64-43-37-58(38-44-64)76-49-59-29-13-14-34-69(59)72-35-19-20-36-73(72)76/h1-53H. The molecule has 0 unspecified atom stereocenters. The van der Waals surface area contributed by atoms with E-state index in [1.54, 1.807) is 0 Å². The second kappa shape index (κ2) is 20.3. The highest BCUT2D eigenvalue weighted by Gasteiger charge is 2.20. The summed E-state index contributed by atoms with van der Waals surface area (Å²) >= 11 is 0. The van der Waals surface area contributed by atoms with Gasteiger partial charge in [-0.25, -0.2) is 0 Å². The molecule has 0 bridgehead atoms. The molecule has 15 rings (SSSR count). The summed E-state index contributed by atoms with van der Waals surface area (Å²) < 4.78 is 2.46. The van der Waals surface area contributed by atoms with E-state index in [4.69, 9.17) is 0 Å². The Morgan fingerprint density at radius 3 is 0.951 bits per heavy atom. The zero-order chi connectivity index (χ0) is 53.6. The number of hydrogen-bond acceptors (Lipinski definition) is 0. The summed E-state index contributed by atoms with van der Waals surface area (Å²) in [5.74, 6) is 0. The maximum atomic E-state index is 2.46. The van der Waals surface area contributed by atoms with E-state index in [1.165, 1.54) is 132 Å². The van der Waals surface area contributed by atoms with Crippen LogP contribution < -0.4 is 0 Å². The van der Waals surface area contributed by atoms with Crippen molar-refractivity contribution in [3.63, 3.8) is 0 Å². The SMILES string of the molecule is c1ccc(-c2ccccc2-c2ccc(-c3ccc4c(c3)c3cc(-c5ccc(-c6ccccc6-c6ccccc6)cc5-c5ccccc5)ccc3n4-c3ccc(-c4cc5ccccc5c5ccccc45)cc3)c(-c3ccccc3)c2)cc1. The van der Waals surface area contributed by atoms with Crippen molar-refractivity contribution in [2.45, 2.75) is 0 Å². The third kappa shape index (κ3) is 8.61. The molecule has 0 radical (unpaired) electrons. The second-order valence-corrected chi connectivity index (χ2v) is 21.1. The Labute approximate surface area is 472 Å². The van der Waals surface area contributed by atoms with Crippen LogP contribution in [0, 0.1) is 0 Å². The van der Waals surface area contributed by atoms with Crippen LogP contribution in [0.4, 0.5) is 0 Å². The molecule has 1 heteroatoms. The first kappa shape index (κ1) is 47.6. The highest BCUT2D eigenvalue weighted by Crippen LogP contribution is 2.45. The fourth-order valence-electron chi connectivity index (χ4n) is 12.6. The van der Waals surface area contributed by atoms with Crippen molar-refractivity contribution in [1.29, 1.82) is 0 Å². The highest BCUT2D eigenvalue weighted by molar-refractivity contribution is 6.15. The van der Waals surface area contributed by atoms with Crippen LogP contribution in [-0.2, 0) is 0 Å². The molecule has 0 saturated carbocycles. The fraction of sp³-hybridized carbons (Fsp3) is 0. The van der Waals surface area contributed by atoms with Crippen molar-refractivity contribution in [1.82, 2.24) is 4.57 Å². The van der Waals surface area contributed by atoms with Gasteiger partial charge in [-0.1, -0.05) is 267 Å². The van der Waals surface area contributed by atoms with Crippen LogP contribution in [0.5, 0.6) is 0 Å². The quantitative estimate of drug-likeness (QED) is 0.120. The zero-order valence-electron chi connectivity index (χ0n) is 44.5. The molecule has 0 aliphatic rings. The molecule has 0 aliphatic heterocycles. The molecule has 1 aromatic heterocycles. The molecule has 0 atom stereocenters. The van der Waals surface area contributed by atoms with Gasteiger partial charge in [-0.3, -0.25) is 0 Å². The van der Waals surface area contributed by atoms with E-state index in [0.29, 0.717) is 0 Å². The minimum absolute atomic E-state index is 1.11. The van der Waals surface area contributed by atoms with E-state index in [9.17, 15) is 0 Å². The van der Waals surface area contributed by atoms with Crippen molar-refractivity contribution in [3.05, 3.63) is 322 Å². The Morgan fingerprint density at radius 1 is 0.160 bits per heavy atom. The Kier molecular flexibility index (Phi) is 11.9. The summed E-state index contributed by atoms with van der Waals surface area (Å²) in [5, 5.41) is 7.44. The molecule has 0 saturated heterocycles. The Morgan fingerprint density at radius 2 is 0.481 bits per heavy atom. The van der Waals surface area contributed by atoms with E-state index < -0.39 is 0 Å². The first-order valence-electron chi connectivity index (χ1n) is 28.0. The van der Waals surface area contributed by atoms with Crippen LogP contribution in [0.3, 0.4) is 0 Å². The van der Waals surface area contributed by atoms with Gasteiger partial charge in [-0.05, 0) is 176 Å². The number of fused-ring (bicyclic) bond motifs is 6. The third-order valence-electron chi connectivity index (χ3n) is 16.4. The second-order valence-electron chi connectivity index (χ2n) is 21.1. The normalized spacial score (nSPS) is 11.5. The molecule has 0 aliphatic carbocycles. The van der Waals surface area contributed by atoms with Gasteiger partial charge in [-0.15, -0.1) is 0 Å². The largest absolute Gasteiger partial charge is 0.309 e. The lowest BCUT2D eigenvalue weighted by Gasteiger charge is -2.16. The third-order valence-corrected chi connectivity index (χ3v) is 16.4. The zero-order valence-corrected chi connectivity index (χ0v) is 44.5. The van der Waals surface area contributed by atoms with Gasteiger partial charge in [0.2, 0.25) is 0 Å². The maximum absolute atomic E-state index is 2.46. The van der Waals surface area contributed by atoms with Gasteiger partial charge < -0.3 is 4.57 Å². The molecule has 0 N–H and O–H groups in total. The average molecular weight is 1030 g/mol. The predicted molar refractivity (Wildman–Crippen MR) is 345 cm³/mol. The molecule has 15 aromatic rings. The van der Waals surface area contributed by atoms with Crippen molar-refractivity contribution in [3.8, 4) is 106 Å². The van der Waals surface area contributed by atoms with E-state index in [-0.39, 0.29) is 0 Å². The van der Waals surface area contributed by atoms with Gasteiger partial charge >= 0.3 is 0 Å². The number of hydrogen-bond donors (Lipinski definition) is 0. The molecule has 378 valence electrons. The van der Waals surface area contributed by atoms with E-state index in [2.05, 4.69) is 326 Å². The molecule has 0 spiro atoms. The minimum Gasteiger partial charge on any atom is -0.309 e. The predicted octanol–water partition coefficient (Wildman–Crippen LogP) is 22.1. The van der Waals surface area contributed by atoms with E-state index in [1.807, 2.05) is 0 Å². The van der Waals surface area contributed by atoms with Crippen LogP contribution in [0.2, 0.25) is 0 Å². The first-order chi connectivity index (χ1) is 40.2. The number of aromatic nitrogens is 1. The highest BCUT2D eigenvalue weighted by atomic mass is 15.0. The molecular formula is C80H53N. The molecule has 81 heavy (non-hydrogen) atoms. The average Bonchev–Trinajstić information content (AvgIpc) is 4.16. The van der Waals surface area contributed by atoms with Crippen molar-refractivity contribution in [2.75, 3.05) is 0 Å². The Balaban J connectivity index is 0.922. The van der Waals surface area contributed by atoms with Gasteiger partial charge in [0.1, 0.15) is 0 Å². The molecular weight excluding hydrogens is 975 g/mol. The lowest BCUT2D eigenvalue weighted by Crippen LogP contribution is -1.94. The molecule has 14 aromatic carbocycles. The van der Waals surface area contributed by atoms with Crippen LogP contribution in [0.25, 0.3) is 149 Å². The van der Waals surface area contributed by atoms with Crippen molar-refractivity contribution >= 4 is 43.4 Å². The van der Waals surface area contributed by atoms with Gasteiger partial charge in [0.25, 0.3) is 0 Å². The van der Waals surface area contributed by atoms with E-state index >= 15 is 0 Å². The summed E-state index contributed by atoms with van der Waals surface area (Å²) in [6.07, 6.45) is 0. The lowest BCUT2D eigenvalue weighted by atomic mass is 9.88. The van der Waals surface area contributed by atoms with Gasteiger partial charge in [0.15, 0.2) is 0 Å². The summed E-state index contributed by atoms with van der Waals surface area (Å²) in [7, 11) is 0. The van der Waals surface area contributed by atoms with Gasteiger partial charge in [-0.2, -0.15) is 0 Å². The Bertz CT molecular complexity index is 4590. The number of benzene rings is 14. The van der Waals surface area contributed by atoms with Crippen LogP contribution in [0.1, 0.15) is 0 Å². The Hall–Kier alpha value is -10.6. The molecule has 0 amide bonds. The summed E-state index contributed by atoms with van der Waals surface area (Å²) in [5.41, 5.74) is 24.9. The lowest BCUT2D eigenvalue weighted by molar-refractivity contribution is 1.18. The molecule has 1 nitrogen and oxygen atoms in total. The van der Waals surface area contributed by atoms with Gasteiger partial charge in [0.05, 0.1) is 11.0 Å². The minimum atomic E-state index is 1.11. The summed E-state index contributed by atoms with van der Waals surface area (Å²) in [4.78, 5) is 0. The number of rotatable bonds is 10. The van der Waals surface area contributed by atoms with E-state index in [0.717, 1.165) is 16.7 Å². The summed E-state index contributed by atoms with van der Waals surface area (Å²) in [6, 6.07) is 118. The monoisotopic (exact) mass is 1030 g/mol. The van der Waals surface area contributed by atoms with Crippen LogP contribution in [0.15, 0.2) is 322 Å². The van der Waals surface area contributed by atoms with Crippen molar-refractivity contribution in [2.24, 2.45) is 0 Å². The fourth-order valence-corrected chi connectivity index (χ4v) is 12.6. The van der Waals surface area contributed by atoms with Gasteiger partial charge in [0, 0.05) is 16.5 Å². The molecule has 1 heterocycles. The van der Waals surface area contributed by atoms with Crippen molar-refractivity contribution < 1.29 is 0 Å².